The van der Waals surface area contributed by atoms with Crippen molar-refractivity contribution in [1.29, 1.82) is 0 Å². The van der Waals surface area contributed by atoms with Crippen molar-refractivity contribution in [2.24, 2.45) is 0 Å². The van der Waals surface area contributed by atoms with E-state index in [2.05, 4.69) is 231 Å². The fourth-order valence-electron chi connectivity index (χ4n) is 10.2. The van der Waals surface area contributed by atoms with Gasteiger partial charge in [-0.15, -0.1) is 0 Å². The molecule has 278 valence electrons. The molecular formula is C58H41N. The molecule has 0 aliphatic heterocycles. The second-order valence-corrected chi connectivity index (χ2v) is 15.5. The summed E-state index contributed by atoms with van der Waals surface area (Å²) in [6, 6.07) is 74.0. The summed E-state index contributed by atoms with van der Waals surface area (Å²) in [7, 11) is 0. The zero-order valence-electron chi connectivity index (χ0n) is 32.9. The monoisotopic (exact) mass is 751 g/mol. The maximum absolute atomic E-state index is 4.37. The van der Waals surface area contributed by atoms with Gasteiger partial charge in [-0.25, -0.2) is 0 Å². The molecule has 1 spiro atoms. The van der Waals surface area contributed by atoms with Crippen LogP contribution in [0.15, 0.2) is 213 Å². The minimum atomic E-state index is -0.469. The molecule has 0 unspecified atom stereocenters. The van der Waals surface area contributed by atoms with Crippen LogP contribution in [-0.2, 0) is 5.41 Å². The van der Waals surface area contributed by atoms with Crippen LogP contribution in [-0.4, -0.2) is 0 Å². The van der Waals surface area contributed by atoms with Gasteiger partial charge in [0.05, 0.1) is 16.8 Å². The van der Waals surface area contributed by atoms with Crippen molar-refractivity contribution in [2.75, 3.05) is 4.90 Å². The van der Waals surface area contributed by atoms with Crippen molar-refractivity contribution in [1.82, 2.24) is 0 Å². The summed E-state index contributed by atoms with van der Waals surface area (Å²) in [5, 5.41) is 2.38. The number of nitrogens with zero attached hydrogens (tertiary/aromatic N) is 1. The smallest absolute Gasteiger partial charge is 0.0726 e. The van der Waals surface area contributed by atoms with E-state index in [4.69, 9.17) is 0 Å². The van der Waals surface area contributed by atoms with Crippen LogP contribution in [0, 0.1) is 0 Å². The molecule has 2 aliphatic carbocycles. The predicted molar refractivity (Wildman–Crippen MR) is 251 cm³/mol. The molecule has 0 saturated carbocycles. The maximum Gasteiger partial charge on any atom is 0.0726 e. The molecule has 0 heterocycles. The summed E-state index contributed by atoms with van der Waals surface area (Å²) in [5.41, 5.74) is 20.2. The topological polar surface area (TPSA) is 3.24 Å². The Morgan fingerprint density at radius 3 is 1.71 bits per heavy atom. The molecule has 9 aromatic rings. The number of hydrogen-bond donors (Lipinski definition) is 0. The highest BCUT2D eigenvalue weighted by molar-refractivity contribution is 6.08. The molecule has 0 bridgehead atoms. The zero-order valence-corrected chi connectivity index (χ0v) is 32.9. The molecule has 0 atom stereocenters. The lowest BCUT2D eigenvalue weighted by molar-refractivity contribution is 0.793. The number of para-hydroxylation sites is 1. The zero-order chi connectivity index (χ0) is 39.5. The van der Waals surface area contributed by atoms with Crippen LogP contribution in [0.1, 0.15) is 40.3 Å². The molecule has 1 nitrogen and oxygen atoms in total. The lowest BCUT2D eigenvalue weighted by Gasteiger charge is -2.34. The fraction of sp³-hybridized carbons (Fsp3) is 0.0345. The highest BCUT2D eigenvalue weighted by Gasteiger charge is 2.51. The predicted octanol–water partition coefficient (Wildman–Crippen LogP) is 15.7. The van der Waals surface area contributed by atoms with E-state index in [0.717, 1.165) is 39.3 Å². The van der Waals surface area contributed by atoms with E-state index in [1.807, 2.05) is 6.08 Å². The van der Waals surface area contributed by atoms with E-state index in [1.54, 1.807) is 0 Å². The average Bonchev–Trinajstić information content (AvgIpc) is 3.77. The van der Waals surface area contributed by atoms with Crippen molar-refractivity contribution in [2.45, 2.75) is 12.3 Å². The number of anilines is 3. The quantitative estimate of drug-likeness (QED) is 0.157. The second-order valence-electron chi connectivity index (χ2n) is 15.5. The maximum atomic E-state index is 4.37. The molecule has 0 amide bonds. The molecule has 1 heteroatoms. The van der Waals surface area contributed by atoms with Gasteiger partial charge in [0.25, 0.3) is 0 Å². The van der Waals surface area contributed by atoms with Crippen molar-refractivity contribution in [3.63, 3.8) is 0 Å². The Balaban J connectivity index is 1.26. The second kappa shape index (κ2) is 13.9. The molecule has 0 N–H and O–H groups in total. The van der Waals surface area contributed by atoms with Crippen LogP contribution in [0.5, 0.6) is 0 Å². The molecule has 11 rings (SSSR count). The van der Waals surface area contributed by atoms with Crippen molar-refractivity contribution >= 4 is 40.0 Å². The minimum Gasteiger partial charge on any atom is -0.309 e. The Morgan fingerprint density at radius 2 is 1.03 bits per heavy atom. The molecule has 9 aromatic carbocycles. The third-order valence-electron chi connectivity index (χ3n) is 12.6. The fourth-order valence-corrected chi connectivity index (χ4v) is 10.2. The highest BCUT2D eigenvalue weighted by atomic mass is 15.1. The Morgan fingerprint density at radius 1 is 0.458 bits per heavy atom. The van der Waals surface area contributed by atoms with Crippen LogP contribution < -0.4 is 4.90 Å². The molecular weight excluding hydrogens is 711 g/mol. The van der Waals surface area contributed by atoms with Gasteiger partial charge in [0, 0.05) is 16.8 Å². The largest absolute Gasteiger partial charge is 0.309 e. The van der Waals surface area contributed by atoms with Gasteiger partial charge >= 0.3 is 0 Å². The lowest BCUT2D eigenvalue weighted by atomic mass is 9.70. The SMILES string of the molecule is C=Cc1c(/C=C\C)cccc1-c1c(N(c2ccc3c(c2)C2(c4ccccc4-c4ccccc42)c2ccccc2-3)c2ccccc2-c2ccccc2)ccc2ccccc12. The molecule has 0 fully saturated rings. The van der Waals surface area contributed by atoms with E-state index in [1.165, 1.54) is 66.4 Å². The summed E-state index contributed by atoms with van der Waals surface area (Å²) in [5.74, 6) is 0. The lowest BCUT2D eigenvalue weighted by Crippen LogP contribution is -2.26. The van der Waals surface area contributed by atoms with Crippen LogP contribution in [0.2, 0.25) is 0 Å². The third-order valence-corrected chi connectivity index (χ3v) is 12.6. The van der Waals surface area contributed by atoms with Gasteiger partial charge in [-0.2, -0.15) is 0 Å². The molecule has 0 aromatic heterocycles. The Kier molecular flexibility index (Phi) is 8.17. The highest BCUT2D eigenvalue weighted by Crippen LogP contribution is 2.63. The van der Waals surface area contributed by atoms with Gasteiger partial charge in [-0.3, -0.25) is 0 Å². The van der Waals surface area contributed by atoms with Crippen molar-refractivity contribution in [3.05, 3.63) is 246 Å². The van der Waals surface area contributed by atoms with E-state index in [0.29, 0.717) is 0 Å². The molecule has 59 heavy (non-hydrogen) atoms. The van der Waals surface area contributed by atoms with Crippen molar-refractivity contribution in [3.8, 4) is 44.5 Å². The normalized spacial score (nSPS) is 13.0. The first kappa shape index (κ1) is 34.7. The van der Waals surface area contributed by atoms with E-state index >= 15 is 0 Å². The van der Waals surface area contributed by atoms with Gasteiger partial charge in [-0.1, -0.05) is 201 Å². The first-order valence-electron chi connectivity index (χ1n) is 20.5. The molecule has 0 saturated heterocycles. The van der Waals surface area contributed by atoms with Gasteiger partial charge in [0.2, 0.25) is 0 Å². The van der Waals surface area contributed by atoms with Crippen LogP contribution in [0.4, 0.5) is 17.1 Å². The number of allylic oxidation sites excluding steroid dienone is 1. The van der Waals surface area contributed by atoms with Gasteiger partial charge in [0.1, 0.15) is 0 Å². The summed E-state index contributed by atoms with van der Waals surface area (Å²) >= 11 is 0. The molecule has 0 radical (unpaired) electrons. The Labute approximate surface area is 346 Å². The summed E-state index contributed by atoms with van der Waals surface area (Å²) in [6.07, 6.45) is 6.31. The van der Waals surface area contributed by atoms with Gasteiger partial charge in [0.15, 0.2) is 0 Å². The first-order valence-corrected chi connectivity index (χ1v) is 20.5. The van der Waals surface area contributed by atoms with E-state index in [-0.39, 0.29) is 0 Å². The number of fused-ring (bicyclic) bond motifs is 11. The van der Waals surface area contributed by atoms with Crippen molar-refractivity contribution < 1.29 is 0 Å². The number of rotatable bonds is 7. The first-order chi connectivity index (χ1) is 29.2. The van der Waals surface area contributed by atoms with E-state index < -0.39 is 5.41 Å². The van der Waals surface area contributed by atoms with Crippen LogP contribution in [0.3, 0.4) is 0 Å². The van der Waals surface area contributed by atoms with Gasteiger partial charge in [-0.05, 0) is 109 Å². The number of hydrogen-bond acceptors (Lipinski definition) is 1. The standard InChI is InChI=1S/C58H41N/c1-3-19-39-23-18-29-50(43(39)4-2)57-45-25-9-8-22-41(45)34-37-56(57)59(55-33-17-13-24-44(55)40-20-6-5-7-21-40)42-35-36-49-48-28-12-16-32-53(48)58(54(49)38-42)51-30-14-10-26-46(51)47-27-11-15-31-52(47)58/h3-38H,2H2,1H3/b19-3-. The van der Waals surface area contributed by atoms with Crippen LogP contribution >= 0.6 is 0 Å². The average molecular weight is 752 g/mol. The van der Waals surface area contributed by atoms with E-state index in [9.17, 15) is 0 Å². The molecule has 2 aliphatic rings. The van der Waals surface area contributed by atoms with Gasteiger partial charge < -0.3 is 4.90 Å². The summed E-state index contributed by atoms with van der Waals surface area (Å²) in [6.45, 7) is 6.45. The Hall–Kier alpha value is -7.48. The third kappa shape index (κ3) is 5.11. The number of benzene rings is 9. The minimum absolute atomic E-state index is 0.469. The summed E-state index contributed by atoms with van der Waals surface area (Å²) < 4.78 is 0. The Bertz CT molecular complexity index is 3080. The summed E-state index contributed by atoms with van der Waals surface area (Å²) in [4.78, 5) is 2.52. The van der Waals surface area contributed by atoms with Crippen LogP contribution in [0.25, 0.3) is 67.4 Å².